The largest absolute Gasteiger partial charge is 0.496 e. The van der Waals surface area contributed by atoms with Crippen LogP contribution in [0, 0.1) is 13.8 Å². The number of rotatable bonds is 6. The van der Waals surface area contributed by atoms with Crippen molar-refractivity contribution in [3.8, 4) is 5.75 Å². The highest BCUT2D eigenvalue weighted by atomic mass is 32.2. The number of Topliss-reactive ketones (excluding diaryl/α,β-unsaturated/α-hetero) is 1. The van der Waals surface area contributed by atoms with Crippen LogP contribution in [0.25, 0.3) is 0 Å². The minimum atomic E-state index is -3.72. The molecular formula is C18H21NO4S. The SMILES string of the molecule is COc1cc(C)cc(C)c1CNS(=O)(=O)c1cccc(C(C)=O)c1. The van der Waals surface area contributed by atoms with Crippen molar-refractivity contribution >= 4 is 15.8 Å². The summed E-state index contributed by atoms with van der Waals surface area (Å²) < 4.78 is 32.9. The first-order valence-electron chi connectivity index (χ1n) is 7.49. The van der Waals surface area contributed by atoms with E-state index < -0.39 is 10.0 Å². The molecule has 0 spiro atoms. The van der Waals surface area contributed by atoms with Gasteiger partial charge < -0.3 is 4.74 Å². The molecule has 0 heterocycles. The zero-order chi connectivity index (χ0) is 17.9. The number of hydrogen-bond donors (Lipinski definition) is 1. The molecular weight excluding hydrogens is 326 g/mol. The van der Waals surface area contributed by atoms with Gasteiger partial charge in [-0.15, -0.1) is 0 Å². The molecule has 128 valence electrons. The van der Waals surface area contributed by atoms with Crippen molar-refractivity contribution in [2.45, 2.75) is 32.2 Å². The molecule has 2 aromatic carbocycles. The standard InChI is InChI=1S/C18H21NO4S/c1-12-8-13(2)17(18(9-12)23-4)11-19-24(21,22)16-7-5-6-15(10-16)14(3)20/h5-10,19H,11H2,1-4H3. The highest BCUT2D eigenvalue weighted by Gasteiger charge is 2.17. The Balaban J connectivity index is 2.29. The first kappa shape index (κ1) is 18.2. The van der Waals surface area contributed by atoms with Crippen molar-refractivity contribution < 1.29 is 17.9 Å². The van der Waals surface area contributed by atoms with Crippen molar-refractivity contribution in [3.05, 3.63) is 58.7 Å². The molecule has 5 nitrogen and oxygen atoms in total. The normalized spacial score (nSPS) is 11.3. The molecule has 0 atom stereocenters. The van der Waals surface area contributed by atoms with E-state index in [1.807, 2.05) is 26.0 Å². The second kappa shape index (κ2) is 7.15. The second-order valence-corrected chi connectivity index (χ2v) is 7.44. The molecule has 0 aliphatic rings. The molecule has 0 fully saturated rings. The van der Waals surface area contributed by atoms with Gasteiger partial charge in [-0.05, 0) is 50.1 Å². The van der Waals surface area contributed by atoms with E-state index in [2.05, 4.69) is 4.72 Å². The van der Waals surface area contributed by atoms with Crippen LogP contribution in [0.15, 0.2) is 41.3 Å². The maximum absolute atomic E-state index is 12.5. The van der Waals surface area contributed by atoms with Gasteiger partial charge in [0.25, 0.3) is 0 Å². The topological polar surface area (TPSA) is 72.5 Å². The quantitative estimate of drug-likeness (QED) is 0.816. The molecule has 0 saturated carbocycles. The fourth-order valence-electron chi connectivity index (χ4n) is 2.50. The molecule has 1 N–H and O–H groups in total. The van der Waals surface area contributed by atoms with E-state index in [0.717, 1.165) is 16.7 Å². The van der Waals surface area contributed by atoms with Crippen LogP contribution in [0.5, 0.6) is 5.75 Å². The van der Waals surface area contributed by atoms with Gasteiger partial charge in [-0.1, -0.05) is 18.2 Å². The van der Waals surface area contributed by atoms with E-state index in [-0.39, 0.29) is 17.2 Å². The van der Waals surface area contributed by atoms with Crippen LogP contribution < -0.4 is 9.46 Å². The van der Waals surface area contributed by atoms with E-state index in [0.29, 0.717) is 11.3 Å². The molecule has 0 aromatic heterocycles. The zero-order valence-electron chi connectivity index (χ0n) is 14.2. The number of hydrogen-bond acceptors (Lipinski definition) is 4. The predicted molar refractivity (Wildman–Crippen MR) is 92.9 cm³/mol. The van der Waals surface area contributed by atoms with Gasteiger partial charge in [0.05, 0.1) is 12.0 Å². The van der Waals surface area contributed by atoms with E-state index in [1.54, 1.807) is 19.2 Å². The number of benzene rings is 2. The molecule has 0 aliphatic carbocycles. The third-order valence-corrected chi connectivity index (χ3v) is 5.19. The summed E-state index contributed by atoms with van der Waals surface area (Å²) in [6, 6.07) is 9.84. The molecule has 2 rings (SSSR count). The van der Waals surface area contributed by atoms with E-state index in [1.165, 1.54) is 19.1 Å². The Hall–Kier alpha value is -2.18. The average Bonchev–Trinajstić information content (AvgIpc) is 2.53. The van der Waals surface area contributed by atoms with Gasteiger partial charge in [-0.2, -0.15) is 0 Å². The van der Waals surface area contributed by atoms with Gasteiger partial charge in [0, 0.05) is 17.7 Å². The molecule has 0 saturated heterocycles. The van der Waals surface area contributed by atoms with Crippen LogP contribution >= 0.6 is 0 Å². The number of methoxy groups -OCH3 is 1. The lowest BCUT2D eigenvalue weighted by Gasteiger charge is -2.14. The molecule has 2 aromatic rings. The maximum Gasteiger partial charge on any atom is 0.240 e. The minimum Gasteiger partial charge on any atom is -0.496 e. The van der Waals surface area contributed by atoms with Crippen molar-refractivity contribution in [3.63, 3.8) is 0 Å². The Labute approximate surface area is 142 Å². The van der Waals surface area contributed by atoms with E-state index in [4.69, 9.17) is 4.74 Å². The fourth-order valence-corrected chi connectivity index (χ4v) is 3.54. The number of nitrogens with one attached hydrogen (secondary N) is 1. The molecule has 0 unspecified atom stereocenters. The summed E-state index contributed by atoms with van der Waals surface area (Å²) in [5.41, 5.74) is 3.15. The number of carbonyl (C=O) groups is 1. The summed E-state index contributed by atoms with van der Waals surface area (Å²) in [7, 11) is -2.17. The van der Waals surface area contributed by atoms with Crippen molar-refractivity contribution in [1.29, 1.82) is 0 Å². The van der Waals surface area contributed by atoms with E-state index >= 15 is 0 Å². The highest BCUT2D eigenvalue weighted by molar-refractivity contribution is 7.89. The monoisotopic (exact) mass is 347 g/mol. The molecule has 24 heavy (non-hydrogen) atoms. The summed E-state index contributed by atoms with van der Waals surface area (Å²) in [5.74, 6) is 0.468. The number of carbonyl (C=O) groups excluding carboxylic acids is 1. The van der Waals surface area contributed by atoms with Crippen LogP contribution in [0.3, 0.4) is 0 Å². The summed E-state index contributed by atoms with van der Waals surface area (Å²) in [6.45, 7) is 5.38. The van der Waals surface area contributed by atoms with Crippen molar-refractivity contribution in [2.24, 2.45) is 0 Å². The average molecular weight is 347 g/mol. The van der Waals surface area contributed by atoms with Crippen LogP contribution in [-0.2, 0) is 16.6 Å². The lowest BCUT2D eigenvalue weighted by Crippen LogP contribution is -2.24. The smallest absolute Gasteiger partial charge is 0.240 e. The Bertz CT molecular complexity index is 873. The van der Waals surface area contributed by atoms with Gasteiger partial charge in [0.15, 0.2) is 5.78 Å². The third kappa shape index (κ3) is 4.01. The number of ketones is 1. The van der Waals surface area contributed by atoms with Crippen LogP contribution in [0.1, 0.15) is 34.0 Å². The zero-order valence-corrected chi connectivity index (χ0v) is 15.0. The Morgan fingerprint density at radius 3 is 2.50 bits per heavy atom. The van der Waals surface area contributed by atoms with Gasteiger partial charge in [0.2, 0.25) is 10.0 Å². The first-order chi connectivity index (χ1) is 11.2. The molecule has 0 aliphatic heterocycles. The van der Waals surface area contributed by atoms with Crippen LogP contribution in [0.4, 0.5) is 0 Å². The number of aryl methyl sites for hydroxylation is 2. The van der Waals surface area contributed by atoms with Crippen molar-refractivity contribution in [2.75, 3.05) is 7.11 Å². The maximum atomic E-state index is 12.5. The first-order valence-corrected chi connectivity index (χ1v) is 8.97. The second-order valence-electron chi connectivity index (χ2n) is 5.67. The van der Waals surface area contributed by atoms with Gasteiger partial charge in [-0.3, -0.25) is 4.79 Å². The van der Waals surface area contributed by atoms with Crippen LogP contribution in [-0.4, -0.2) is 21.3 Å². The lowest BCUT2D eigenvalue weighted by atomic mass is 10.0. The Kier molecular flexibility index (Phi) is 5.41. The summed E-state index contributed by atoms with van der Waals surface area (Å²) in [5, 5.41) is 0. The number of sulfonamides is 1. The van der Waals surface area contributed by atoms with Crippen molar-refractivity contribution in [1.82, 2.24) is 4.72 Å². The summed E-state index contributed by atoms with van der Waals surface area (Å²) in [4.78, 5) is 11.5. The van der Waals surface area contributed by atoms with Gasteiger partial charge >= 0.3 is 0 Å². The predicted octanol–water partition coefficient (Wildman–Crippen LogP) is 2.99. The van der Waals surface area contributed by atoms with E-state index in [9.17, 15) is 13.2 Å². The summed E-state index contributed by atoms with van der Waals surface area (Å²) in [6.07, 6.45) is 0. The highest BCUT2D eigenvalue weighted by Crippen LogP contribution is 2.24. The molecule has 0 radical (unpaired) electrons. The third-order valence-electron chi connectivity index (χ3n) is 3.79. The van der Waals surface area contributed by atoms with Gasteiger partial charge in [-0.25, -0.2) is 13.1 Å². The van der Waals surface area contributed by atoms with Crippen LogP contribution in [0.2, 0.25) is 0 Å². The van der Waals surface area contributed by atoms with Gasteiger partial charge in [0.1, 0.15) is 5.75 Å². The molecule has 0 bridgehead atoms. The lowest BCUT2D eigenvalue weighted by molar-refractivity contribution is 0.101. The Morgan fingerprint density at radius 1 is 1.17 bits per heavy atom. The minimum absolute atomic E-state index is 0.0685. The fraction of sp³-hybridized carbons (Fsp3) is 0.278. The number of ether oxygens (including phenoxy) is 1. The summed E-state index contributed by atoms with van der Waals surface area (Å²) >= 11 is 0. The molecule has 6 heteroatoms. The molecule has 0 amide bonds. The Morgan fingerprint density at radius 2 is 1.88 bits per heavy atom.